The predicted octanol–water partition coefficient (Wildman–Crippen LogP) is 21.6. The van der Waals surface area contributed by atoms with Gasteiger partial charge in [0.1, 0.15) is 0 Å². The lowest BCUT2D eigenvalue weighted by Crippen LogP contribution is -2.61. The van der Waals surface area contributed by atoms with Crippen LogP contribution in [0.5, 0.6) is 0 Å². The summed E-state index contributed by atoms with van der Waals surface area (Å²) in [4.78, 5) is 22.5. The van der Waals surface area contributed by atoms with E-state index in [9.17, 15) is 0 Å². The van der Waals surface area contributed by atoms with E-state index in [4.69, 9.17) is 15.0 Å². The van der Waals surface area contributed by atoms with Crippen LogP contribution in [-0.4, -0.2) is 21.7 Å². The number of anilines is 6. The van der Waals surface area contributed by atoms with Gasteiger partial charge in [0.2, 0.25) is 0 Å². The Morgan fingerprint density at radius 3 is 0.956 bits per heavy atom. The first-order valence-electron chi connectivity index (χ1n) is 34.1. The van der Waals surface area contributed by atoms with E-state index in [0.717, 1.165) is 39.4 Å². The second kappa shape index (κ2) is 23.4. The molecule has 6 heteroatoms. The zero-order valence-electron chi connectivity index (χ0n) is 56.0. The number of aromatic nitrogens is 3. The molecule has 5 nitrogen and oxygen atoms in total. The smallest absolute Gasteiger partial charge is 0.252 e. The van der Waals surface area contributed by atoms with Crippen LogP contribution in [0.4, 0.5) is 34.1 Å². The zero-order valence-corrected chi connectivity index (χ0v) is 56.0. The molecule has 2 fully saturated rings. The van der Waals surface area contributed by atoms with Gasteiger partial charge in [0, 0.05) is 50.8 Å². The Morgan fingerprint density at radius 1 is 0.308 bits per heavy atom. The van der Waals surface area contributed by atoms with Crippen molar-refractivity contribution >= 4 is 57.2 Å². The minimum atomic E-state index is -0.124. The van der Waals surface area contributed by atoms with Crippen molar-refractivity contribution in [3.63, 3.8) is 0 Å². The number of benzene rings is 9. The fourth-order valence-electron chi connectivity index (χ4n) is 15.0. The van der Waals surface area contributed by atoms with Crippen LogP contribution < -0.4 is 26.2 Å². The molecule has 0 bridgehead atoms. The zero-order chi connectivity index (χ0) is 63.1. The van der Waals surface area contributed by atoms with E-state index in [1.165, 1.54) is 148 Å². The molecule has 0 unspecified atom stereocenters. The first kappa shape index (κ1) is 60.2. The van der Waals surface area contributed by atoms with Crippen LogP contribution in [0.2, 0.25) is 0 Å². The quantitative estimate of drug-likeness (QED) is 0.135. The fourth-order valence-corrected chi connectivity index (χ4v) is 15.0. The lowest BCUT2D eigenvalue weighted by atomic mass is 9.33. The SMILES string of the molecule is CC(C)(C)c1cc(-c2nc(-c3cc(C(C)(C)C)cc(C(C)(C)C)c3)nc(-c3cc4c5c(c3)N(c3ccc(-c6ccccc6)cc3)c3cc(C6CCCCC6)ccc3B5c3ccc(C5CCCCC5)cc3N4c3ccc(-c4ccccc4)cc3)n2)cc(C(C)(C)C)c1. The summed E-state index contributed by atoms with van der Waals surface area (Å²) >= 11 is 0. The minimum absolute atomic E-state index is 0.0547. The van der Waals surface area contributed by atoms with Gasteiger partial charge in [-0.3, -0.25) is 0 Å². The molecule has 91 heavy (non-hydrogen) atoms. The van der Waals surface area contributed by atoms with Crippen molar-refractivity contribution in [1.29, 1.82) is 0 Å². The van der Waals surface area contributed by atoms with Crippen LogP contribution in [0.1, 0.15) is 193 Å². The molecule has 0 spiro atoms. The Morgan fingerprint density at radius 2 is 0.626 bits per heavy atom. The highest BCUT2D eigenvalue weighted by molar-refractivity contribution is 7.00. The lowest BCUT2D eigenvalue weighted by Gasteiger charge is -2.45. The summed E-state index contributed by atoms with van der Waals surface area (Å²) < 4.78 is 0. The number of hydrogen-bond acceptors (Lipinski definition) is 5. The average molecular weight is 1190 g/mol. The molecule has 0 amide bonds. The third-order valence-corrected chi connectivity index (χ3v) is 20.5. The Kier molecular flexibility index (Phi) is 15.5. The molecule has 4 aliphatic rings. The summed E-state index contributed by atoms with van der Waals surface area (Å²) in [5.74, 6) is 3.03. The van der Waals surface area contributed by atoms with E-state index in [2.05, 4.69) is 287 Å². The summed E-state index contributed by atoms with van der Waals surface area (Å²) in [6.45, 7) is 27.7. The molecule has 3 heterocycles. The lowest BCUT2D eigenvalue weighted by molar-refractivity contribution is 0.444. The molecule has 0 N–H and O–H groups in total. The van der Waals surface area contributed by atoms with Crippen LogP contribution >= 0.6 is 0 Å². The third kappa shape index (κ3) is 11.8. The van der Waals surface area contributed by atoms with Gasteiger partial charge in [-0.25, -0.2) is 15.0 Å². The molecule has 0 saturated heterocycles. The molecule has 458 valence electrons. The summed E-state index contributed by atoms with van der Waals surface area (Å²) in [6.07, 6.45) is 12.6. The maximum atomic E-state index is 5.82. The molecule has 2 aliphatic carbocycles. The summed E-state index contributed by atoms with van der Waals surface area (Å²) in [5.41, 5.74) is 26.1. The molecule has 14 rings (SSSR count). The molecule has 9 aromatic carbocycles. The summed E-state index contributed by atoms with van der Waals surface area (Å²) in [5, 5.41) is 0. The molecular weight excluding hydrogens is 1100 g/mol. The molecule has 2 saturated carbocycles. The van der Waals surface area contributed by atoms with Gasteiger partial charge in [0.05, 0.1) is 0 Å². The van der Waals surface area contributed by atoms with Crippen LogP contribution in [-0.2, 0) is 21.7 Å². The average Bonchev–Trinajstić information content (AvgIpc) is 0.747. The van der Waals surface area contributed by atoms with Gasteiger partial charge in [-0.1, -0.05) is 243 Å². The molecule has 0 atom stereocenters. The van der Waals surface area contributed by atoms with Crippen molar-refractivity contribution in [2.45, 2.75) is 181 Å². The third-order valence-electron chi connectivity index (χ3n) is 20.5. The number of fused-ring (bicyclic) bond motifs is 4. The maximum absolute atomic E-state index is 5.82. The predicted molar refractivity (Wildman–Crippen MR) is 387 cm³/mol. The van der Waals surface area contributed by atoms with E-state index in [0.29, 0.717) is 29.3 Å². The molecule has 0 radical (unpaired) electrons. The van der Waals surface area contributed by atoms with Gasteiger partial charge in [-0.2, -0.15) is 0 Å². The second-order valence-electron chi connectivity index (χ2n) is 31.1. The number of rotatable bonds is 9. The van der Waals surface area contributed by atoms with E-state index in [1.54, 1.807) is 0 Å². The van der Waals surface area contributed by atoms with Crippen molar-refractivity contribution in [3.8, 4) is 56.4 Å². The topological polar surface area (TPSA) is 45.2 Å². The fraction of sp³-hybridized carbons (Fsp3) is 0.329. The highest BCUT2D eigenvalue weighted by Gasteiger charge is 2.45. The van der Waals surface area contributed by atoms with Gasteiger partial charge >= 0.3 is 0 Å². The van der Waals surface area contributed by atoms with E-state index >= 15 is 0 Å². The van der Waals surface area contributed by atoms with Gasteiger partial charge in [-0.05, 0) is 204 Å². The Balaban J connectivity index is 1.09. The van der Waals surface area contributed by atoms with Gasteiger partial charge in [0.25, 0.3) is 6.71 Å². The first-order valence-corrected chi connectivity index (χ1v) is 34.1. The van der Waals surface area contributed by atoms with E-state index in [-0.39, 0.29) is 28.4 Å². The van der Waals surface area contributed by atoms with Crippen molar-refractivity contribution in [3.05, 3.63) is 228 Å². The summed E-state index contributed by atoms with van der Waals surface area (Å²) in [7, 11) is 0. The molecule has 10 aromatic rings. The second-order valence-corrected chi connectivity index (χ2v) is 31.1. The summed E-state index contributed by atoms with van der Waals surface area (Å²) in [6, 6.07) is 74.6. The molecular formula is C85H90BN5. The highest BCUT2D eigenvalue weighted by Crippen LogP contribution is 2.49. The Bertz CT molecular complexity index is 4000. The van der Waals surface area contributed by atoms with Crippen molar-refractivity contribution in [1.82, 2.24) is 15.0 Å². The van der Waals surface area contributed by atoms with Crippen LogP contribution in [0.25, 0.3) is 56.4 Å². The van der Waals surface area contributed by atoms with Crippen LogP contribution in [0.3, 0.4) is 0 Å². The monoisotopic (exact) mass is 1190 g/mol. The van der Waals surface area contributed by atoms with E-state index in [1.807, 2.05) is 0 Å². The van der Waals surface area contributed by atoms with Gasteiger partial charge in [0.15, 0.2) is 17.5 Å². The Hall–Kier alpha value is -8.35. The van der Waals surface area contributed by atoms with Crippen molar-refractivity contribution < 1.29 is 0 Å². The highest BCUT2D eigenvalue weighted by atomic mass is 15.2. The molecule has 2 aliphatic heterocycles. The van der Waals surface area contributed by atoms with E-state index < -0.39 is 0 Å². The van der Waals surface area contributed by atoms with Crippen molar-refractivity contribution in [2.75, 3.05) is 9.80 Å². The minimum Gasteiger partial charge on any atom is -0.311 e. The normalized spacial score (nSPS) is 15.5. The van der Waals surface area contributed by atoms with Gasteiger partial charge in [-0.15, -0.1) is 0 Å². The maximum Gasteiger partial charge on any atom is 0.252 e. The largest absolute Gasteiger partial charge is 0.311 e. The molecule has 1 aromatic heterocycles. The van der Waals surface area contributed by atoms with Crippen LogP contribution in [0, 0.1) is 0 Å². The van der Waals surface area contributed by atoms with Crippen molar-refractivity contribution in [2.24, 2.45) is 0 Å². The van der Waals surface area contributed by atoms with Crippen LogP contribution in [0.15, 0.2) is 194 Å². The van der Waals surface area contributed by atoms with Gasteiger partial charge < -0.3 is 9.80 Å². The standard InChI is InChI=1S/C85H90BN5/c1-82(2,3)66-45-63(46-67(53-66)83(4,5)6)79-87-80(64-47-68(84(7,8)9)54-69(48-64)85(10,11)12)89-81(88-79)65-51-76-78-77(52-65)91(71-41-35-60(36-42-71)56-27-19-14-20-28-56)75-50-62(58-31-23-16-24-32-58)38-44-73(75)86(78)72-43-37-61(57-29-21-15-22-30-57)49-74(72)90(76)70-39-33-59(34-40-70)55-25-17-13-18-26-55/h13-14,17-20,25-28,33-54,57-58H,15-16,21-24,29-32H2,1-12H3. The number of nitrogens with zero attached hydrogens (tertiary/aromatic N) is 5. The number of hydrogen-bond donors (Lipinski definition) is 0. The Labute approximate surface area is 543 Å². The first-order chi connectivity index (χ1) is 43.6.